The van der Waals surface area contributed by atoms with Gasteiger partial charge in [0.2, 0.25) is 10.0 Å². The average molecular weight is 247 g/mol. The topological polar surface area (TPSA) is 46.2 Å². The molecule has 1 rings (SSSR count). The highest BCUT2D eigenvalue weighted by molar-refractivity contribution is 7.89. The Labute approximate surface area is 95.6 Å². The van der Waals surface area contributed by atoms with Crippen molar-refractivity contribution in [1.82, 2.24) is 4.72 Å². The zero-order valence-corrected chi connectivity index (χ0v) is 10.7. The predicted molar refractivity (Wildman–Crippen MR) is 64.6 cm³/mol. The summed E-state index contributed by atoms with van der Waals surface area (Å²) >= 11 is 1.60. The monoisotopic (exact) mass is 247 g/mol. The summed E-state index contributed by atoms with van der Waals surface area (Å²) < 4.78 is 25.7. The molecule has 0 spiro atoms. The van der Waals surface area contributed by atoms with E-state index in [1.54, 1.807) is 18.3 Å². The fourth-order valence-corrected chi connectivity index (χ4v) is 3.07. The molecule has 1 atom stereocenters. The first kappa shape index (κ1) is 12.7. The fraction of sp³-hybridized carbons (Fsp3) is 0.600. The van der Waals surface area contributed by atoms with Crippen LogP contribution in [0.5, 0.6) is 0 Å². The van der Waals surface area contributed by atoms with Crippen LogP contribution in [0.25, 0.3) is 0 Å². The molecule has 1 heterocycles. The number of hydrogen-bond donors (Lipinski definition) is 1. The molecule has 1 aromatic heterocycles. The van der Waals surface area contributed by atoms with Gasteiger partial charge in [0.15, 0.2) is 0 Å². The minimum absolute atomic E-state index is 0.0556. The Morgan fingerprint density at radius 3 is 2.67 bits per heavy atom. The second-order valence-electron chi connectivity index (χ2n) is 3.38. The van der Waals surface area contributed by atoms with Crippen LogP contribution in [0.1, 0.15) is 37.6 Å². The van der Waals surface area contributed by atoms with Crippen molar-refractivity contribution in [2.24, 2.45) is 0 Å². The van der Waals surface area contributed by atoms with E-state index in [0.717, 1.165) is 17.7 Å². The van der Waals surface area contributed by atoms with Crippen molar-refractivity contribution in [1.29, 1.82) is 0 Å². The van der Waals surface area contributed by atoms with Crippen molar-refractivity contribution in [2.75, 3.05) is 5.75 Å². The van der Waals surface area contributed by atoms with Gasteiger partial charge in [-0.3, -0.25) is 0 Å². The SMILES string of the molecule is CCCC(NS(=O)(=O)CC)c1cccs1. The maximum absolute atomic E-state index is 11.5. The van der Waals surface area contributed by atoms with Gasteiger partial charge in [-0.1, -0.05) is 19.4 Å². The molecule has 0 fully saturated rings. The Kier molecular flexibility index (Phi) is 4.76. The van der Waals surface area contributed by atoms with Crippen LogP contribution in [0.15, 0.2) is 17.5 Å². The maximum Gasteiger partial charge on any atom is 0.211 e. The van der Waals surface area contributed by atoms with E-state index in [2.05, 4.69) is 11.6 Å². The van der Waals surface area contributed by atoms with E-state index in [4.69, 9.17) is 0 Å². The lowest BCUT2D eigenvalue weighted by Crippen LogP contribution is -2.29. The fourth-order valence-electron chi connectivity index (χ4n) is 1.34. The quantitative estimate of drug-likeness (QED) is 0.839. The summed E-state index contributed by atoms with van der Waals surface area (Å²) in [4.78, 5) is 1.09. The van der Waals surface area contributed by atoms with Gasteiger partial charge >= 0.3 is 0 Å². The third-order valence-electron chi connectivity index (χ3n) is 2.17. The number of nitrogens with one attached hydrogen (secondary N) is 1. The Hall–Kier alpha value is -0.390. The van der Waals surface area contributed by atoms with Crippen molar-refractivity contribution in [3.63, 3.8) is 0 Å². The van der Waals surface area contributed by atoms with Crippen LogP contribution in [0.2, 0.25) is 0 Å². The van der Waals surface area contributed by atoms with Crippen LogP contribution in [0, 0.1) is 0 Å². The van der Waals surface area contributed by atoms with Crippen LogP contribution < -0.4 is 4.72 Å². The molecule has 1 aromatic rings. The van der Waals surface area contributed by atoms with Crippen LogP contribution in [-0.2, 0) is 10.0 Å². The molecule has 5 heteroatoms. The van der Waals surface area contributed by atoms with E-state index in [1.165, 1.54) is 0 Å². The van der Waals surface area contributed by atoms with Crippen molar-refractivity contribution < 1.29 is 8.42 Å². The Morgan fingerprint density at radius 1 is 1.47 bits per heavy atom. The lowest BCUT2D eigenvalue weighted by molar-refractivity contribution is 0.541. The van der Waals surface area contributed by atoms with Crippen LogP contribution in [0.3, 0.4) is 0 Å². The van der Waals surface area contributed by atoms with Crippen molar-refractivity contribution >= 4 is 21.4 Å². The lowest BCUT2D eigenvalue weighted by atomic mass is 10.1. The molecule has 0 aliphatic rings. The summed E-state index contributed by atoms with van der Waals surface area (Å²) in [5, 5.41) is 1.97. The lowest BCUT2D eigenvalue weighted by Gasteiger charge is -2.15. The largest absolute Gasteiger partial charge is 0.212 e. The van der Waals surface area contributed by atoms with E-state index < -0.39 is 10.0 Å². The smallest absolute Gasteiger partial charge is 0.211 e. The van der Waals surface area contributed by atoms with E-state index >= 15 is 0 Å². The molecule has 3 nitrogen and oxygen atoms in total. The van der Waals surface area contributed by atoms with Crippen molar-refractivity contribution in [2.45, 2.75) is 32.7 Å². The molecule has 0 saturated carbocycles. The van der Waals surface area contributed by atoms with Gasteiger partial charge in [0.1, 0.15) is 0 Å². The summed E-state index contributed by atoms with van der Waals surface area (Å²) in [6.07, 6.45) is 1.81. The first-order valence-electron chi connectivity index (χ1n) is 5.12. The van der Waals surface area contributed by atoms with Gasteiger partial charge in [-0.15, -0.1) is 11.3 Å². The van der Waals surface area contributed by atoms with Crippen LogP contribution >= 0.6 is 11.3 Å². The van der Waals surface area contributed by atoms with Gasteiger partial charge in [-0.25, -0.2) is 13.1 Å². The van der Waals surface area contributed by atoms with E-state index in [0.29, 0.717) is 0 Å². The molecular weight excluding hydrogens is 230 g/mol. The highest BCUT2D eigenvalue weighted by Gasteiger charge is 2.17. The zero-order valence-electron chi connectivity index (χ0n) is 9.06. The molecule has 86 valence electrons. The summed E-state index contributed by atoms with van der Waals surface area (Å²) in [7, 11) is -3.11. The molecule has 0 amide bonds. The first-order valence-corrected chi connectivity index (χ1v) is 7.65. The van der Waals surface area contributed by atoms with Gasteiger partial charge in [-0.2, -0.15) is 0 Å². The molecule has 0 radical (unpaired) electrons. The Balaban J connectivity index is 2.76. The standard InChI is InChI=1S/C10H17NO2S2/c1-3-6-9(10-7-5-8-14-10)11-15(12,13)4-2/h5,7-9,11H,3-4,6H2,1-2H3. The van der Waals surface area contributed by atoms with Gasteiger partial charge < -0.3 is 0 Å². The minimum atomic E-state index is -3.11. The third kappa shape index (κ3) is 3.93. The van der Waals surface area contributed by atoms with Crippen molar-refractivity contribution in [3.8, 4) is 0 Å². The van der Waals surface area contributed by atoms with Gasteiger partial charge in [0.05, 0.1) is 11.8 Å². The predicted octanol–water partition coefficient (Wildman–Crippen LogP) is 2.53. The highest BCUT2D eigenvalue weighted by atomic mass is 32.2. The summed E-state index contributed by atoms with van der Waals surface area (Å²) in [5.74, 6) is 0.137. The molecular formula is C10H17NO2S2. The number of hydrogen-bond acceptors (Lipinski definition) is 3. The van der Waals surface area contributed by atoms with Crippen molar-refractivity contribution in [3.05, 3.63) is 22.4 Å². The summed E-state index contributed by atoms with van der Waals surface area (Å²) in [6.45, 7) is 3.71. The molecule has 0 aromatic carbocycles. The first-order chi connectivity index (χ1) is 7.09. The minimum Gasteiger partial charge on any atom is -0.212 e. The summed E-state index contributed by atoms with van der Waals surface area (Å²) in [6, 6.07) is 3.87. The third-order valence-corrected chi connectivity index (χ3v) is 4.56. The number of rotatable bonds is 6. The van der Waals surface area contributed by atoms with E-state index in [1.807, 2.05) is 17.5 Å². The number of thiophene rings is 1. The van der Waals surface area contributed by atoms with E-state index in [-0.39, 0.29) is 11.8 Å². The zero-order chi connectivity index (χ0) is 11.3. The Bertz CT molecular complexity index is 370. The van der Waals surface area contributed by atoms with Crippen LogP contribution in [-0.4, -0.2) is 14.2 Å². The van der Waals surface area contributed by atoms with Crippen LogP contribution in [0.4, 0.5) is 0 Å². The van der Waals surface area contributed by atoms with Gasteiger partial charge in [0, 0.05) is 4.88 Å². The highest BCUT2D eigenvalue weighted by Crippen LogP contribution is 2.23. The average Bonchev–Trinajstić information content (AvgIpc) is 2.70. The molecule has 1 unspecified atom stereocenters. The second-order valence-corrected chi connectivity index (χ2v) is 6.40. The normalized spacial score (nSPS) is 14.0. The van der Waals surface area contributed by atoms with E-state index in [9.17, 15) is 8.42 Å². The molecule has 0 aliphatic heterocycles. The maximum atomic E-state index is 11.5. The molecule has 0 aliphatic carbocycles. The molecule has 0 bridgehead atoms. The van der Waals surface area contributed by atoms with Gasteiger partial charge in [-0.05, 0) is 24.8 Å². The molecule has 0 saturated heterocycles. The van der Waals surface area contributed by atoms with Gasteiger partial charge in [0.25, 0.3) is 0 Å². The second kappa shape index (κ2) is 5.63. The molecule has 1 N–H and O–H groups in total. The Morgan fingerprint density at radius 2 is 2.20 bits per heavy atom. The number of sulfonamides is 1. The molecule has 15 heavy (non-hydrogen) atoms. The summed E-state index contributed by atoms with van der Waals surface area (Å²) in [5.41, 5.74) is 0.